The first-order valence-electron chi connectivity index (χ1n) is 10.2. The lowest BCUT2D eigenvalue weighted by atomic mass is 9.93. The van der Waals surface area contributed by atoms with Crippen molar-refractivity contribution in [3.8, 4) is 0 Å². The van der Waals surface area contributed by atoms with Gasteiger partial charge in [-0.25, -0.2) is 0 Å². The Bertz CT molecular complexity index is 1800. The summed E-state index contributed by atoms with van der Waals surface area (Å²) < 4.78 is 1.77. The molecule has 5 heteroatoms. The zero-order valence-electron chi connectivity index (χ0n) is 16.4. The van der Waals surface area contributed by atoms with E-state index < -0.39 is 0 Å². The average Bonchev–Trinajstić information content (AvgIpc) is 3.32. The first-order valence-corrected chi connectivity index (χ1v) is 10.2. The van der Waals surface area contributed by atoms with E-state index in [-0.39, 0.29) is 0 Å². The molecule has 144 valence electrons. The van der Waals surface area contributed by atoms with Gasteiger partial charge in [0.15, 0.2) is 5.65 Å². The van der Waals surface area contributed by atoms with Gasteiger partial charge >= 0.3 is 0 Å². The van der Waals surface area contributed by atoms with E-state index in [1.165, 1.54) is 26.9 Å². The molecule has 31 heavy (non-hydrogen) atoms. The second-order valence-corrected chi connectivity index (χ2v) is 7.78. The van der Waals surface area contributed by atoms with E-state index in [2.05, 4.69) is 82.3 Å². The standard InChI is InChI=1S/C26H15N5/c1-2-10-23-18(5-1)13-20(26-28-29-30-31(23)26)15-27-22-14-19-8-3-6-16-11-12-17-7-4-9-21(22)25(17)24(16)19/h1-15H. The number of hydrogen-bond acceptors (Lipinski definition) is 4. The lowest BCUT2D eigenvalue weighted by molar-refractivity contribution is 0.841. The van der Waals surface area contributed by atoms with Crippen molar-refractivity contribution in [1.29, 1.82) is 0 Å². The Morgan fingerprint density at radius 1 is 0.710 bits per heavy atom. The summed E-state index contributed by atoms with van der Waals surface area (Å²) in [4.78, 5) is 4.93. The SMILES string of the molecule is C(=Nc1cc2cccc3ccc4cccc1c4c32)c1cc2ccccc2n2nnnc12. The molecule has 0 atom stereocenters. The molecule has 5 aromatic carbocycles. The van der Waals surface area contributed by atoms with Crippen molar-refractivity contribution in [2.75, 3.05) is 0 Å². The van der Waals surface area contributed by atoms with Gasteiger partial charge in [0, 0.05) is 22.6 Å². The minimum atomic E-state index is 0.694. The van der Waals surface area contributed by atoms with E-state index in [1.54, 1.807) is 4.52 Å². The van der Waals surface area contributed by atoms with Crippen molar-refractivity contribution in [1.82, 2.24) is 20.0 Å². The highest BCUT2D eigenvalue weighted by Gasteiger charge is 2.12. The van der Waals surface area contributed by atoms with Gasteiger partial charge in [-0.15, -0.1) is 5.10 Å². The van der Waals surface area contributed by atoms with E-state index in [4.69, 9.17) is 4.99 Å². The molecule has 0 spiro atoms. The molecule has 7 aromatic rings. The molecule has 5 nitrogen and oxygen atoms in total. The average molecular weight is 397 g/mol. The van der Waals surface area contributed by atoms with E-state index in [0.29, 0.717) is 5.65 Å². The van der Waals surface area contributed by atoms with Crippen molar-refractivity contribution in [3.63, 3.8) is 0 Å². The Morgan fingerprint density at radius 3 is 2.42 bits per heavy atom. The third-order valence-electron chi connectivity index (χ3n) is 6.03. The zero-order chi connectivity index (χ0) is 20.4. The largest absolute Gasteiger partial charge is 0.255 e. The summed E-state index contributed by atoms with van der Waals surface area (Å²) in [6, 6.07) is 29.5. The maximum atomic E-state index is 4.93. The van der Waals surface area contributed by atoms with Gasteiger partial charge in [-0.1, -0.05) is 66.7 Å². The van der Waals surface area contributed by atoms with Crippen LogP contribution in [0.5, 0.6) is 0 Å². The second-order valence-electron chi connectivity index (χ2n) is 7.78. The molecule has 0 aliphatic rings. The molecular formula is C26H15N5. The van der Waals surface area contributed by atoms with E-state index in [1.807, 2.05) is 24.4 Å². The van der Waals surface area contributed by atoms with Crippen molar-refractivity contribution in [2.24, 2.45) is 4.99 Å². The van der Waals surface area contributed by atoms with Gasteiger partial charge in [0.05, 0.1) is 11.2 Å². The lowest BCUT2D eigenvalue weighted by Gasteiger charge is -2.12. The fourth-order valence-electron chi connectivity index (χ4n) is 4.65. The number of nitrogens with zero attached hydrogens (tertiary/aromatic N) is 5. The number of fused-ring (bicyclic) bond motifs is 3. The molecule has 0 radical (unpaired) electrons. The van der Waals surface area contributed by atoms with Gasteiger partial charge in [-0.05, 0) is 55.6 Å². The Hall–Kier alpha value is -4.38. The lowest BCUT2D eigenvalue weighted by Crippen LogP contribution is -1.95. The van der Waals surface area contributed by atoms with Crippen molar-refractivity contribution in [2.45, 2.75) is 0 Å². The molecule has 2 heterocycles. The minimum absolute atomic E-state index is 0.694. The molecular weight excluding hydrogens is 382 g/mol. The summed E-state index contributed by atoms with van der Waals surface area (Å²) in [5.74, 6) is 0. The minimum Gasteiger partial charge on any atom is -0.255 e. The van der Waals surface area contributed by atoms with Gasteiger partial charge in [-0.2, -0.15) is 4.52 Å². The number of rotatable bonds is 2. The number of para-hydroxylation sites is 1. The smallest absolute Gasteiger partial charge is 0.188 e. The van der Waals surface area contributed by atoms with E-state index in [0.717, 1.165) is 27.5 Å². The van der Waals surface area contributed by atoms with Crippen LogP contribution in [0.15, 0.2) is 89.9 Å². The van der Waals surface area contributed by atoms with Crippen LogP contribution >= 0.6 is 0 Å². The van der Waals surface area contributed by atoms with Gasteiger partial charge in [0.25, 0.3) is 0 Å². The summed E-state index contributed by atoms with van der Waals surface area (Å²) in [6.07, 6.45) is 1.87. The normalized spacial score (nSPS) is 12.4. The number of benzene rings is 5. The maximum absolute atomic E-state index is 4.93. The Balaban J connectivity index is 1.50. The Morgan fingerprint density at radius 2 is 1.48 bits per heavy atom. The molecule has 0 fully saturated rings. The second kappa shape index (κ2) is 6.06. The monoisotopic (exact) mass is 397 g/mol. The molecule has 0 saturated heterocycles. The van der Waals surface area contributed by atoms with Gasteiger partial charge in [0.2, 0.25) is 0 Å². The highest BCUT2D eigenvalue weighted by molar-refractivity contribution is 6.25. The van der Waals surface area contributed by atoms with E-state index >= 15 is 0 Å². The molecule has 0 N–H and O–H groups in total. The van der Waals surface area contributed by atoms with Crippen LogP contribution in [0.3, 0.4) is 0 Å². The molecule has 0 bridgehead atoms. The zero-order valence-corrected chi connectivity index (χ0v) is 16.4. The van der Waals surface area contributed by atoms with Crippen molar-refractivity contribution < 1.29 is 0 Å². The third kappa shape index (κ3) is 2.31. The van der Waals surface area contributed by atoms with Crippen molar-refractivity contribution >= 4 is 60.8 Å². The summed E-state index contributed by atoms with van der Waals surface area (Å²) in [5, 5.41) is 20.7. The fourth-order valence-corrected chi connectivity index (χ4v) is 4.65. The summed E-state index contributed by atoms with van der Waals surface area (Å²) in [7, 11) is 0. The van der Waals surface area contributed by atoms with Crippen LogP contribution in [0.4, 0.5) is 5.69 Å². The molecule has 0 unspecified atom stereocenters. The predicted molar refractivity (Wildman–Crippen MR) is 126 cm³/mol. The quantitative estimate of drug-likeness (QED) is 0.269. The molecule has 0 aliphatic heterocycles. The van der Waals surface area contributed by atoms with Gasteiger partial charge in [-0.3, -0.25) is 4.99 Å². The Kier molecular flexibility index (Phi) is 3.21. The molecule has 7 rings (SSSR count). The van der Waals surface area contributed by atoms with Crippen LogP contribution in [0, 0.1) is 0 Å². The molecule has 0 saturated carbocycles. The highest BCUT2D eigenvalue weighted by atomic mass is 15.5. The molecule has 0 aliphatic carbocycles. The number of aliphatic imine (C=N–C) groups is 1. The topological polar surface area (TPSA) is 55.4 Å². The first-order chi connectivity index (χ1) is 15.4. The summed E-state index contributed by atoms with van der Waals surface area (Å²) in [6.45, 7) is 0. The maximum Gasteiger partial charge on any atom is 0.188 e. The molecule has 2 aromatic heterocycles. The summed E-state index contributed by atoms with van der Waals surface area (Å²) in [5.41, 5.74) is 3.49. The van der Waals surface area contributed by atoms with Crippen LogP contribution < -0.4 is 0 Å². The predicted octanol–water partition coefficient (Wildman–Crippen LogP) is 5.93. The van der Waals surface area contributed by atoms with Crippen LogP contribution in [0.25, 0.3) is 48.9 Å². The van der Waals surface area contributed by atoms with Crippen LogP contribution in [0.1, 0.15) is 5.56 Å². The Labute approximate surface area is 176 Å². The van der Waals surface area contributed by atoms with Crippen LogP contribution in [-0.4, -0.2) is 26.3 Å². The number of pyridine rings is 1. The van der Waals surface area contributed by atoms with Crippen LogP contribution in [-0.2, 0) is 0 Å². The van der Waals surface area contributed by atoms with Gasteiger partial charge in [0.1, 0.15) is 0 Å². The molecule has 0 amide bonds. The summed E-state index contributed by atoms with van der Waals surface area (Å²) >= 11 is 0. The van der Waals surface area contributed by atoms with Crippen LogP contribution in [0.2, 0.25) is 0 Å². The van der Waals surface area contributed by atoms with E-state index in [9.17, 15) is 0 Å². The number of aromatic nitrogens is 4. The van der Waals surface area contributed by atoms with Gasteiger partial charge < -0.3 is 0 Å². The number of hydrogen-bond donors (Lipinski definition) is 0. The first kappa shape index (κ1) is 16.4. The van der Waals surface area contributed by atoms with Crippen molar-refractivity contribution in [3.05, 3.63) is 90.5 Å². The highest BCUT2D eigenvalue weighted by Crippen LogP contribution is 2.39. The number of tetrazole rings is 1. The third-order valence-corrected chi connectivity index (χ3v) is 6.03. The fraction of sp³-hybridized carbons (Fsp3) is 0.